The number of rotatable bonds is 9. The second-order valence-electron chi connectivity index (χ2n) is 4.72. The number of anilines is 2. The minimum Gasteiger partial charge on any atom is -0.396 e. The Morgan fingerprint density at radius 1 is 1.26 bits per heavy atom. The molecule has 0 bridgehead atoms. The molecule has 0 aliphatic heterocycles. The summed E-state index contributed by atoms with van der Waals surface area (Å²) in [6.45, 7) is 5.38. The average Bonchev–Trinajstić information content (AvgIpc) is 2.44. The van der Waals surface area contributed by atoms with Gasteiger partial charge in [0.25, 0.3) is 0 Å². The monoisotopic (exact) mass is 266 g/mol. The van der Waals surface area contributed by atoms with Crippen LogP contribution in [0, 0.1) is 5.92 Å². The molecule has 0 aliphatic carbocycles. The molecule has 1 rings (SSSR count). The van der Waals surface area contributed by atoms with Gasteiger partial charge in [-0.05, 0) is 18.8 Å². The Morgan fingerprint density at radius 2 is 2.00 bits per heavy atom. The van der Waals surface area contributed by atoms with E-state index in [2.05, 4.69) is 34.4 Å². The van der Waals surface area contributed by atoms with Crippen LogP contribution in [-0.2, 0) is 6.42 Å². The fourth-order valence-electron chi connectivity index (χ4n) is 2.14. The molecule has 0 saturated carbocycles. The standard InChI is InChI=1S/C14H26N4O/c1-4-6-12-13(15-3)17-10-18-14(12)16-9-11(5-2)7-8-19/h10-11,19H,4-9H2,1-3H3,(H2,15,16,17,18). The average molecular weight is 266 g/mol. The molecule has 0 aromatic carbocycles. The smallest absolute Gasteiger partial charge is 0.134 e. The number of aliphatic hydroxyl groups excluding tert-OH is 1. The summed E-state index contributed by atoms with van der Waals surface area (Å²) >= 11 is 0. The molecule has 1 unspecified atom stereocenters. The van der Waals surface area contributed by atoms with Gasteiger partial charge in [-0.2, -0.15) is 0 Å². The maximum atomic E-state index is 9.02. The van der Waals surface area contributed by atoms with Crippen LogP contribution >= 0.6 is 0 Å². The lowest BCUT2D eigenvalue weighted by Crippen LogP contribution is -2.17. The molecule has 1 aromatic rings. The Kier molecular flexibility index (Phi) is 7.18. The van der Waals surface area contributed by atoms with Gasteiger partial charge in [0.2, 0.25) is 0 Å². The predicted octanol–water partition coefficient (Wildman–Crippen LogP) is 2.29. The summed E-state index contributed by atoms with van der Waals surface area (Å²) < 4.78 is 0. The SMILES string of the molecule is CCCc1c(NC)ncnc1NCC(CC)CCO. The van der Waals surface area contributed by atoms with Crippen molar-refractivity contribution in [2.24, 2.45) is 5.92 Å². The van der Waals surface area contributed by atoms with Crippen molar-refractivity contribution in [2.75, 3.05) is 30.8 Å². The van der Waals surface area contributed by atoms with Crippen LogP contribution in [-0.4, -0.2) is 35.3 Å². The third kappa shape index (κ3) is 4.67. The summed E-state index contributed by atoms with van der Waals surface area (Å²) in [5.74, 6) is 2.29. The Hall–Kier alpha value is -1.36. The van der Waals surface area contributed by atoms with Crippen LogP contribution in [0.25, 0.3) is 0 Å². The zero-order valence-electron chi connectivity index (χ0n) is 12.2. The molecule has 3 N–H and O–H groups in total. The summed E-state index contributed by atoms with van der Waals surface area (Å²) in [4.78, 5) is 8.61. The maximum Gasteiger partial charge on any atom is 0.134 e. The fourth-order valence-corrected chi connectivity index (χ4v) is 2.14. The van der Waals surface area contributed by atoms with E-state index in [1.54, 1.807) is 6.33 Å². The van der Waals surface area contributed by atoms with Gasteiger partial charge in [0.05, 0.1) is 0 Å². The molecule has 0 saturated heterocycles. The minimum absolute atomic E-state index is 0.244. The summed E-state index contributed by atoms with van der Waals surface area (Å²) in [7, 11) is 1.88. The highest BCUT2D eigenvalue weighted by Gasteiger charge is 2.11. The summed E-state index contributed by atoms with van der Waals surface area (Å²) in [5.41, 5.74) is 1.14. The molecule has 5 heteroatoms. The van der Waals surface area contributed by atoms with Gasteiger partial charge in [0.15, 0.2) is 0 Å². The Labute approximate surface area is 115 Å². The Morgan fingerprint density at radius 3 is 2.58 bits per heavy atom. The van der Waals surface area contributed by atoms with E-state index in [9.17, 15) is 0 Å². The second-order valence-corrected chi connectivity index (χ2v) is 4.72. The molecule has 0 spiro atoms. The third-order valence-electron chi connectivity index (χ3n) is 3.36. The molecule has 0 fully saturated rings. The highest BCUT2D eigenvalue weighted by Crippen LogP contribution is 2.22. The molecule has 108 valence electrons. The van der Waals surface area contributed by atoms with E-state index in [-0.39, 0.29) is 6.61 Å². The van der Waals surface area contributed by atoms with E-state index in [0.717, 1.165) is 49.4 Å². The van der Waals surface area contributed by atoms with E-state index in [0.29, 0.717) is 5.92 Å². The van der Waals surface area contributed by atoms with E-state index in [1.165, 1.54) is 0 Å². The molecular weight excluding hydrogens is 240 g/mol. The van der Waals surface area contributed by atoms with Gasteiger partial charge >= 0.3 is 0 Å². The van der Waals surface area contributed by atoms with Crippen LogP contribution in [0.3, 0.4) is 0 Å². The number of nitrogens with zero attached hydrogens (tertiary/aromatic N) is 2. The first-order valence-electron chi connectivity index (χ1n) is 7.13. The summed E-state index contributed by atoms with van der Waals surface area (Å²) in [6, 6.07) is 0. The van der Waals surface area contributed by atoms with Crippen LogP contribution in [0.4, 0.5) is 11.6 Å². The van der Waals surface area contributed by atoms with Crippen molar-refractivity contribution in [1.29, 1.82) is 0 Å². The number of hydrogen-bond donors (Lipinski definition) is 3. The maximum absolute atomic E-state index is 9.02. The van der Waals surface area contributed by atoms with Crippen molar-refractivity contribution >= 4 is 11.6 Å². The molecule has 0 radical (unpaired) electrons. The first-order valence-corrected chi connectivity index (χ1v) is 7.13. The van der Waals surface area contributed by atoms with Crippen molar-refractivity contribution in [3.8, 4) is 0 Å². The van der Waals surface area contributed by atoms with Crippen LogP contribution in [0.2, 0.25) is 0 Å². The largest absolute Gasteiger partial charge is 0.396 e. The third-order valence-corrected chi connectivity index (χ3v) is 3.36. The highest BCUT2D eigenvalue weighted by atomic mass is 16.3. The lowest BCUT2D eigenvalue weighted by molar-refractivity contribution is 0.258. The molecule has 0 amide bonds. The number of hydrogen-bond acceptors (Lipinski definition) is 5. The minimum atomic E-state index is 0.244. The van der Waals surface area contributed by atoms with Crippen LogP contribution in [0.5, 0.6) is 0 Å². The number of nitrogens with one attached hydrogen (secondary N) is 2. The number of aromatic nitrogens is 2. The van der Waals surface area contributed by atoms with Gasteiger partial charge in [0.1, 0.15) is 18.0 Å². The molecule has 0 aliphatic rings. The fraction of sp³-hybridized carbons (Fsp3) is 0.714. The normalized spacial score (nSPS) is 12.2. The zero-order chi connectivity index (χ0) is 14.1. The second kappa shape index (κ2) is 8.69. The molecule has 1 atom stereocenters. The topological polar surface area (TPSA) is 70.1 Å². The van der Waals surface area contributed by atoms with E-state index in [4.69, 9.17) is 5.11 Å². The summed E-state index contributed by atoms with van der Waals surface area (Å²) in [5, 5.41) is 15.5. The van der Waals surface area contributed by atoms with Crippen molar-refractivity contribution in [3.05, 3.63) is 11.9 Å². The van der Waals surface area contributed by atoms with Gasteiger partial charge < -0.3 is 15.7 Å². The van der Waals surface area contributed by atoms with Gasteiger partial charge in [-0.1, -0.05) is 26.7 Å². The lowest BCUT2D eigenvalue weighted by Gasteiger charge is -2.17. The summed E-state index contributed by atoms with van der Waals surface area (Å²) in [6.07, 6.45) is 5.48. The first-order chi connectivity index (χ1) is 9.26. The van der Waals surface area contributed by atoms with Crippen LogP contribution in [0.1, 0.15) is 38.7 Å². The van der Waals surface area contributed by atoms with E-state index in [1.807, 2.05) is 7.05 Å². The van der Waals surface area contributed by atoms with Crippen molar-refractivity contribution < 1.29 is 5.11 Å². The van der Waals surface area contributed by atoms with Crippen molar-refractivity contribution in [1.82, 2.24) is 9.97 Å². The molecular formula is C14H26N4O. The molecule has 19 heavy (non-hydrogen) atoms. The first kappa shape index (κ1) is 15.7. The zero-order valence-corrected chi connectivity index (χ0v) is 12.2. The van der Waals surface area contributed by atoms with Crippen molar-refractivity contribution in [2.45, 2.75) is 39.5 Å². The van der Waals surface area contributed by atoms with E-state index < -0.39 is 0 Å². The number of aliphatic hydroxyl groups is 1. The van der Waals surface area contributed by atoms with Crippen LogP contribution in [0.15, 0.2) is 6.33 Å². The van der Waals surface area contributed by atoms with Crippen molar-refractivity contribution in [3.63, 3.8) is 0 Å². The Bertz CT molecular complexity index is 370. The molecule has 1 heterocycles. The molecule has 1 aromatic heterocycles. The van der Waals surface area contributed by atoms with E-state index >= 15 is 0 Å². The lowest BCUT2D eigenvalue weighted by atomic mass is 10.0. The molecule has 5 nitrogen and oxygen atoms in total. The quantitative estimate of drug-likeness (QED) is 0.640. The van der Waals surface area contributed by atoms with Crippen LogP contribution < -0.4 is 10.6 Å². The van der Waals surface area contributed by atoms with Gasteiger partial charge in [-0.3, -0.25) is 0 Å². The van der Waals surface area contributed by atoms with Gasteiger partial charge in [-0.15, -0.1) is 0 Å². The van der Waals surface area contributed by atoms with Gasteiger partial charge in [-0.25, -0.2) is 9.97 Å². The van der Waals surface area contributed by atoms with Gasteiger partial charge in [0, 0.05) is 25.8 Å². The Balaban J connectivity index is 2.76. The highest BCUT2D eigenvalue weighted by molar-refractivity contribution is 5.57. The predicted molar refractivity (Wildman–Crippen MR) is 79.5 cm³/mol.